The average molecular weight is 348 g/mol. The minimum atomic E-state index is -3.70. The van der Waals surface area contributed by atoms with Crippen LogP contribution in [0.4, 0.5) is 11.4 Å². The molecule has 128 valence electrons. The van der Waals surface area contributed by atoms with E-state index in [2.05, 4.69) is 10.0 Å². The van der Waals surface area contributed by atoms with Gasteiger partial charge in [0.25, 0.3) is 10.0 Å². The van der Waals surface area contributed by atoms with Crippen molar-refractivity contribution in [2.24, 2.45) is 0 Å². The van der Waals surface area contributed by atoms with Crippen LogP contribution in [-0.4, -0.2) is 21.4 Å². The Labute approximate surface area is 141 Å². The zero-order valence-corrected chi connectivity index (χ0v) is 14.6. The topological polar surface area (TPSA) is 84.5 Å². The van der Waals surface area contributed by atoms with Gasteiger partial charge in [0, 0.05) is 6.42 Å². The molecule has 0 aliphatic heterocycles. The second-order valence-corrected chi connectivity index (χ2v) is 6.92. The standard InChI is InChI=1S/C17H20N2O4S/c1-4-17(20)18-15-11-13(7-10-16(15)23-3)19-24(21,22)14-8-5-12(2)6-9-14/h5-11,19H,4H2,1-3H3,(H,18,20). The van der Waals surface area contributed by atoms with Gasteiger partial charge >= 0.3 is 0 Å². The second kappa shape index (κ2) is 7.35. The molecule has 2 N–H and O–H groups in total. The van der Waals surface area contributed by atoms with Gasteiger partial charge < -0.3 is 10.1 Å². The summed E-state index contributed by atoms with van der Waals surface area (Å²) in [7, 11) is -2.22. The minimum absolute atomic E-state index is 0.170. The summed E-state index contributed by atoms with van der Waals surface area (Å²) in [6.45, 7) is 3.61. The number of carbonyl (C=O) groups is 1. The molecule has 0 atom stereocenters. The molecule has 7 heteroatoms. The molecular weight excluding hydrogens is 328 g/mol. The Bertz CT molecular complexity index is 830. The molecular formula is C17H20N2O4S. The number of anilines is 2. The summed E-state index contributed by atoms with van der Waals surface area (Å²) < 4.78 is 32.5. The van der Waals surface area contributed by atoms with Crippen molar-refractivity contribution < 1.29 is 17.9 Å². The van der Waals surface area contributed by atoms with Crippen molar-refractivity contribution in [2.75, 3.05) is 17.1 Å². The number of ether oxygens (including phenoxy) is 1. The fourth-order valence-electron chi connectivity index (χ4n) is 2.04. The van der Waals surface area contributed by atoms with E-state index < -0.39 is 10.0 Å². The molecule has 0 aliphatic rings. The van der Waals surface area contributed by atoms with Gasteiger partial charge in [-0.1, -0.05) is 24.6 Å². The van der Waals surface area contributed by atoms with E-state index in [9.17, 15) is 13.2 Å². The molecule has 0 saturated carbocycles. The van der Waals surface area contributed by atoms with E-state index in [0.29, 0.717) is 23.5 Å². The molecule has 6 nitrogen and oxygen atoms in total. The highest BCUT2D eigenvalue weighted by Gasteiger charge is 2.15. The second-order valence-electron chi connectivity index (χ2n) is 5.24. The van der Waals surface area contributed by atoms with E-state index >= 15 is 0 Å². The molecule has 0 unspecified atom stereocenters. The Hall–Kier alpha value is -2.54. The first kappa shape index (κ1) is 17.8. The van der Waals surface area contributed by atoms with E-state index in [4.69, 9.17) is 4.74 Å². The predicted octanol–water partition coefficient (Wildman–Crippen LogP) is 3.15. The molecule has 0 saturated heterocycles. The van der Waals surface area contributed by atoms with Crippen LogP contribution in [0.5, 0.6) is 5.75 Å². The van der Waals surface area contributed by atoms with Gasteiger partial charge in [-0.15, -0.1) is 0 Å². The highest BCUT2D eigenvalue weighted by Crippen LogP contribution is 2.29. The lowest BCUT2D eigenvalue weighted by atomic mass is 10.2. The molecule has 2 aromatic carbocycles. The zero-order chi connectivity index (χ0) is 17.7. The van der Waals surface area contributed by atoms with E-state index in [1.807, 2.05) is 6.92 Å². The van der Waals surface area contributed by atoms with Gasteiger partial charge in [-0.25, -0.2) is 8.42 Å². The first-order chi connectivity index (χ1) is 11.4. The fraction of sp³-hybridized carbons (Fsp3) is 0.235. The number of amides is 1. The van der Waals surface area contributed by atoms with Crippen LogP contribution in [0.2, 0.25) is 0 Å². The highest BCUT2D eigenvalue weighted by atomic mass is 32.2. The number of methoxy groups -OCH3 is 1. The van der Waals surface area contributed by atoms with E-state index in [0.717, 1.165) is 5.56 Å². The van der Waals surface area contributed by atoms with Gasteiger partial charge in [-0.3, -0.25) is 9.52 Å². The maximum atomic E-state index is 12.4. The SMILES string of the molecule is CCC(=O)Nc1cc(NS(=O)(=O)c2ccc(C)cc2)ccc1OC. The van der Waals surface area contributed by atoms with Crippen LogP contribution >= 0.6 is 0 Å². The Morgan fingerprint density at radius 3 is 2.38 bits per heavy atom. The third kappa shape index (κ3) is 4.26. The molecule has 24 heavy (non-hydrogen) atoms. The third-order valence-electron chi connectivity index (χ3n) is 3.38. The van der Waals surface area contributed by atoms with Crippen LogP contribution in [0, 0.1) is 6.92 Å². The van der Waals surface area contributed by atoms with Crippen molar-refractivity contribution >= 4 is 27.3 Å². The quantitative estimate of drug-likeness (QED) is 0.840. The number of hydrogen-bond acceptors (Lipinski definition) is 4. The Balaban J connectivity index is 2.30. The molecule has 0 fully saturated rings. The van der Waals surface area contributed by atoms with Gasteiger partial charge in [-0.05, 0) is 37.3 Å². The first-order valence-electron chi connectivity index (χ1n) is 7.43. The van der Waals surface area contributed by atoms with Gasteiger partial charge in [0.05, 0.1) is 23.4 Å². The molecule has 0 heterocycles. The van der Waals surface area contributed by atoms with E-state index in [-0.39, 0.29) is 10.8 Å². The van der Waals surface area contributed by atoms with Crippen molar-refractivity contribution in [3.8, 4) is 5.75 Å². The van der Waals surface area contributed by atoms with Crippen molar-refractivity contribution in [2.45, 2.75) is 25.2 Å². The Morgan fingerprint density at radius 2 is 1.79 bits per heavy atom. The first-order valence-corrected chi connectivity index (χ1v) is 8.91. The zero-order valence-electron chi connectivity index (χ0n) is 13.8. The van der Waals surface area contributed by atoms with Gasteiger partial charge in [-0.2, -0.15) is 0 Å². The minimum Gasteiger partial charge on any atom is -0.495 e. The van der Waals surface area contributed by atoms with Crippen LogP contribution in [-0.2, 0) is 14.8 Å². The van der Waals surface area contributed by atoms with E-state index in [1.54, 1.807) is 43.3 Å². The van der Waals surface area contributed by atoms with Crippen molar-refractivity contribution in [1.82, 2.24) is 0 Å². The summed E-state index contributed by atoms with van der Waals surface area (Å²) in [5.74, 6) is 0.266. The van der Waals surface area contributed by atoms with Crippen LogP contribution < -0.4 is 14.8 Å². The van der Waals surface area contributed by atoms with Crippen molar-refractivity contribution in [3.63, 3.8) is 0 Å². The largest absolute Gasteiger partial charge is 0.495 e. The van der Waals surface area contributed by atoms with Crippen LogP contribution in [0.15, 0.2) is 47.4 Å². The molecule has 0 bridgehead atoms. The molecule has 0 aliphatic carbocycles. The highest BCUT2D eigenvalue weighted by molar-refractivity contribution is 7.92. The van der Waals surface area contributed by atoms with Crippen LogP contribution in [0.25, 0.3) is 0 Å². The maximum absolute atomic E-state index is 12.4. The molecule has 2 rings (SSSR count). The van der Waals surface area contributed by atoms with Crippen molar-refractivity contribution in [1.29, 1.82) is 0 Å². The fourth-order valence-corrected chi connectivity index (χ4v) is 3.09. The molecule has 1 amide bonds. The third-order valence-corrected chi connectivity index (χ3v) is 4.78. The number of nitrogens with one attached hydrogen (secondary N) is 2. The van der Waals surface area contributed by atoms with E-state index in [1.165, 1.54) is 13.2 Å². The summed E-state index contributed by atoms with van der Waals surface area (Å²) in [6, 6.07) is 11.2. The van der Waals surface area contributed by atoms with Gasteiger partial charge in [0.15, 0.2) is 0 Å². The summed E-state index contributed by atoms with van der Waals surface area (Å²) in [4.78, 5) is 11.8. The normalized spacial score (nSPS) is 11.0. The Kier molecular flexibility index (Phi) is 5.46. The summed E-state index contributed by atoms with van der Waals surface area (Å²) in [5.41, 5.74) is 1.72. The lowest BCUT2D eigenvalue weighted by molar-refractivity contribution is -0.115. The summed E-state index contributed by atoms with van der Waals surface area (Å²) in [6.07, 6.45) is 0.308. The number of benzene rings is 2. The smallest absolute Gasteiger partial charge is 0.261 e. The summed E-state index contributed by atoms with van der Waals surface area (Å²) >= 11 is 0. The van der Waals surface area contributed by atoms with Crippen LogP contribution in [0.1, 0.15) is 18.9 Å². The molecule has 2 aromatic rings. The van der Waals surface area contributed by atoms with Crippen LogP contribution in [0.3, 0.4) is 0 Å². The molecule has 0 aromatic heterocycles. The Morgan fingerprint density at radius 1 is 1.12 bits per heavy atom. The predicted molar refractivity (Wildman–Crippen MR) is 93.9 cm³/mol. The van der Waals surface area contributed by atoms with Gasteiger partial charge in [0.2, 0.25) is 5.91 Å². The lowest BCUT2D eigenvalue weighted by Crippen LogP contribution is -2.14. The number of sulfonamides is 1. The number of hydrogen-bond donors (Lipinski definition) is 2. The average Bonchev–Trinajstić information content (AvgIpc) is 2.55. The van der Waals surface area contributed by atoms with Crippen molar-refractivity contribution in [3.05, 3.63) is 48.0 Å². The number of aryl methyl sites for hydroxylation is 1. The number of rotatable bonds is 6. The molecule has 0 radical (unpaired) electrons. The molecule has 0 spiro atoms. The summed E-state index contributed by atoms with van der Waals surface area (Å²) in [5, 5.41) is 2.69. The van der Waals surface area contributed by atoms with Gasteiger partial charge in [0.1, 0.15) is 5.75 Å². The number of carbonyl (C=O) groups excluding carboxylic acids is 1. The maximum Gasteiger partial charge on any atom is 0.261 e. The monoisotopic (exact) mass is 348 g/mol. The lowest BCUT2D eigenvalue weighted by Gasteiger charge is -2.13.